The fraction of sp³-hybridized carbons (Fsp3) is 0.915. The maximum absolute atomic E-state index is 13.2. The summed E-state index contributed by atoms with van der Waals surface area (Å²) in [6.45, 7) is -0.0805. The minimum absolute atomic E-state index is 0.332. The number of nitrogens with one attached hydrogen (secondary N) is 3. The summed E-state index contributed by atoms with van der Waals surface area (Å²) in [5.74, 6) is -1.71. The highest BCUT2D eigenvalue weighted by molar-refractivity contribution is 5.73. The van der Waals surface area contributed by atoms with Gasteiger partial charge in [-0.15, -0.1) is 0 Å². The van der Waals surface area contributed by atoms with Crippen molar-refractivity contribution in [3.05, 3.63) is 12.2 Å². The second-order valence-electron chi connectivity index (χ2n) is 24.7. The van der Waals surface area contributed by atoms with Gasteiger partial charge >= 0.3 is 0 Å². The van der Waals surface area contributed by atoms with Gasteiger partial charge in [-0.2, -0.15) is 0 Å². The Morgan fingerprint density at radius 2 is 0.872 bits per heavy atom. The Balaban J connectivity index is 1.20. The molecule has 6 saturated heterocycles. The van der Waals surface area contributed by atoms with Crippen LogP contribution >= 0.6 is 0 Å². The number of rotatable bonds is 36. The molecule has 0 aromatic carbocycles. The van der Waals surface area contributed by atoms with Gasteiger partial charge in [-0.25, -0.2) is 0 Å². The van der Waals surface area contributed by atoms with Gasteiger partial charge in [0.1, 0.15) is 140 Å². The largest absolute Gasteiger partial charge is 0.394 e. The Bertz CT molecular complexity index is 2240. The molecule has 6 heterocycles. The van der Waals surface area contributed by atoms with Gasteiger partial charge in [0.25, 0.3) is 0 Å². The Morgan fingerprint density at radius 3 is 1.44 bits per heavy atom. The summed E-state index contributed by atoms with van der Waals surface area (Å²) < 4.78 is 71.5. The van der Waals surface area contributed by atoms with E-state index in [1.165, 1.54) is 57.9 Å². The van der Waals surface area contributed by atoms with E-state index in [0.717, 1.165) is 39.5 Å². The molecule has 0 aliphatic carbocycles. The van der Waals surface area contributed by atoms with Crippen LogP contribution in [0.2, 0.25) is 0 Å². The van der Waals surface area contributed by atoms with Crippen LogP contribution in [-0.4, -0.2) is 341 Å². The number of allylic oxidation sites excluding steroid dienone is 1. The van der Waals surface area contributed by atoms with Crippen molar-refractivity contribution in [2.45, 2.75) is 301 Å². The minimum Gasteiger partial charge on any atom is -0.394 e. The predicted molar refractivity (Wildman–Crippen MR) is 314 cm³/mol. The van der Waals surface area contributed by atoms with E-state index >= 15 is 0 Å². The van der Waals surface area contributed by atoms with Crippen molar-refractivity contribution in [2.75, 3.05) is 39.6 Å². The van der Waals surface area contributed by atoms with Crippen LogP contribution in [0, 0.1) is 0 Å². The second kappa shape index (κ2) is 39.1. The zero-order valence-electron chi connectivity index (χ0n) is 53.2. The number of aliphatic hydroxyl groups is 17. The van der Waals surface area contributed by atoms with Gasteiger partial charge in [-0.05, 0) is 19.8 Å². The minimum atomic E-state index is -2.24. The molecular formula is C59H103N3O32. The first kappa shape index (κ1) is 80.0. The van der Waals surface area contributed by atoms with Crippen molar-refractivity contribution in [1.82, 2.24) is 16.0 Å². The van der Waals surface area contributed by atoms with E-state index < -0.39 is 248 Å². The van der Waals surface area contributed by atoms with E-state index in [1.807, 2.05) is 0 Å². The average Bonchev–Trinajstić information content (AvgIpc) is 0.773. The van der Waals surface area contributed by atoms with Crippen LogP contribution in [0.1, 0.15) is 105 Å². The lowest BCUT2D eigenvalue weighted by Crippen LogP contribution is -2.71. The maximum Gasteiger partial charge on any atom is 0.217 e. The smallest absolute Gasteiger partial charge is 0.217 e. The van der Waals surface area contributed by atoms with Crippen LogP contribution in [-0.2, 0) is 71.2 Å². The second-order valence-corrected chi connectivity index (χ2v) is 24.7. The Morgan fingerprint density at radius 1 is 0.436 bits per heavy atom. The summed E-state index contributed by atoms with van der Waals surface area (Å²) in [4.78, 5) is 37.2. The van der Waals surface area contributed by atoms with Crippen molar-refractivity contribution in [2.24, 2.45) is 0 Å². The maximum atomic E-state index is 13.2. The molecule has 546 valence electrons. The lowest BCUT2D eigenvalue weighted by atomic mass is 9.93. The Hall–Kier alpha value is -3.01. The van der Waals surface area contributed by atoms with Crippen LogP contribution in [0.4, 0.5) is 0 Å². The van der Waals surface area contributed by atoms with E-state index in [9.17, 15) is 101 Å². The van der Waals surface area contributed by atoms with E-state index in [0.29, 0.717) is 12.8 Å². The zero-order valence-corrected chi connectivity index (χ0v) is 53.2. The number of hydrogen-bond donors (Lipinski definition) is 20. The van der Waals surface area contributed by atoms with Crippen LogP contribution in [0.15, 0.2) is 12.2 Å². The van der Waals surface area contributed by atoms with E-state index in [1.54, 1.807) is 6.08 Å². The molecule has 94 heavy (non-hydrogen) atoms. The monoisotopic (exact) mass is 1370 g/mol. The van der Waals surface area contributed by atoms with Gasteiger partial charge < -0.3 is 160 Å². The molecule has 20 N–H and O–H groups in total. The lowest BCUT2D eigenvalue weighted by Gasteiger charge is -2.52. The summed E-state index contributed by atoms with van der Waals surface area (Å²) >= 11 is 0. The third kappa shape index (κ3) is 20.8. The van der Waals surface area contributed by atoms with Gasteiger partial charge in [-0.1, -0.05) is 83.3 Å². The average molecular weight is 1370 g/mol. The molecule has 0 saturated carbocycles. The number of carbonyl (C=O) groups is 3. The first-order chi connectivity index (χ1) is 44.9. The third-order valence-electron chi connectivity index (χ3n) is 17.6. The van der Waals surface area contributed by atoms with Gasteiger partial charge in [0.2, 0.25) is 18.2 Å². The highest BCUT2D eigenvalue weighted by Crippen LogP contribution is 2.38. The fourth-order valence-electron chi connectivity index (χ4n) is 12.2. The number of amides is 3. The number of hydrogen-bond acceptors (Lipinski definition) is 32. The molecule has 0 bridgehead atoms. The standard InChI is InChI=1S/C59H103N3O32/c1-5-6-7-8-9-10-11-12-13-14-15-16-17-18-30(71)29(60-25-68)24-83-56-47(81)45(79)49(35(23-67)89-56)90-58-48(82)51(41(75)33(21-65)87-58)92-55-37(62-28(4)70)50(40(74)32(20-64)86-55)91-59-53(94-57-46(80)44(78)38(72)26(2)84-57)52(42(76)34(22-66)88-59)93-54-36(61-27(3)69)43(77)39(73)31(19-63)85-54/h17-18,25-26,29-59,63-67,71-82H,5-16,19-24H2,1-4H3,(H,60,68)(H,61,69)(H,62,70)/b18-17+/t26-,29-,30+,31+,32+,33+,34+,35+,36+,37+,38+,39-,40+,41-,42-,43+,44+,45+,46-,47+,48+,49+,50+,51-,52-,53+,54+,55-,56+,57-,58-,59-/m0/s1. The summed E-state index contributed by atoms with van der Waals surface area (Å²) in [6, 6.07) is -4.67. The Kier molecular flexibility index (Phi) is 33.3. The molecule has 0 aromatic heterocycles. The predicted octanol–water partition coefficient (Wildman–Crippen LogP) is -8.03. The van der Waals surface area contributed by atoms with E-state index in [-0.39, 0.29) is 0 Å². The molecule has 35 nitrogen and oxygen atoms in total. The van der Waals surface area contributed by atoms with Gasteiger partial charge in [0.15, 0.2) is 37.7 Å². The van der Waals surface area contributed by atoms with Crippen molar-refractivity contribution >= 4 is 18.2 Å². The molecule has 3 amide bonds. The summed E-state index contributed by atoms with van der Waals surface area (Å²) in [5, 5.41) is 196. The first-order valence-electron chi connectivity index (χ1n) is 32.3. The molecule has 32 atom stereocenters. The topological polar surface area (TPSA) is 542 Å². The third-order valence-corrected chi connectivity index (χ3v) is 17.6. The molecule has 0 aromatic rings. The van der Waals surface area contributed by atoms with Gasteiger partial charge in [-0.3, -0.25) is 14.4 Å². The van der Waals surface area contributed by atoms with Crippen LogP contribution < -0.4 is 16.0 Å². The lowest BCUT2D eigenvalue weighted by molar-refractivity contribution is -0.401. The highest BCUT2D eigenvalue weighted by atomic mass is 16.8. The number of unbranched alkanes of at least 4 members (excludes halogenated alkanes) is 11. The van der Waals surface area contributed by atoms with Crippen LogP contribution in [0.3, 0.4) is 0 Å². The van der Waals surface area contributed by atoms with Crippen LogP contribution in [0.5, 0.6) is 0 Å². The molecular weight excluding hydrogens is 1260 g/mol. The van der Waals surface area contributed by atoms with Gasteiger partial charge in [0.05, 0.1) is 57.9 Å². The first-order valence-corrected chi connectivity index (χ1v) is 32.3. The number of ether oxygens (including phenoxy) is 12. The molecule has 35 heteroatoms. The van der Waals surface area contributed by atoms with Crippen molar-refractivity contribution in [3.63, 3.8) is 0 Å². The van der Waals surface area contributed by atoms with E-state index in [2.05, 4.69) is 22.9 Å². The van der Waals surface area contributed by atoms with Crippen molar-refractivity contribution in [1.29, 1.82) is 0 Å². The molecule has 6 aliphatic heterocycles. The molecule has 0 radical (unpaired) electrons. The molecule has 0 spiro atoms. The quantitative estimate of drug-likeness (QED) is 0.0157. The normalized spacial score (nSPS) is 42.0. The summed E-state index contributed by atoms with van der Waals surface area (Å²) in [5.41, 5.74) is 0. The highest BCUT2D eigenvalue weighted by Gasteiger charge is 2.59. The Labute approximate surface area is 543 Å². The summed E-state index contributed by atoms with van der Waals surface area (Å²) in [7, 11) is 0. The molecule has 6 rings (SSSR count). The number of aliphatic hydroxyl groups excluding tert-OH is 17. The zero-order chi connectivity index (χ0) is 69.1. The van der Waals surface area contributed by atoms with Gasteiger partial charge in [0, 0.05) is 13.8 Å². The van der Waals surface area contributed by atoms with E-state index in [4.69, 9.17) is 56.8 Å². The van der Waals surface area contributed by atoms with Crippen molar-refractivity contribution < 1.29 is 158 Å². The van der Waals surface area contributed by atoms with Crippen molar-refractivity contribution in [3.8, 4) is 0 Å². The molecule has 0 unspecified atom stereocenters. The molecule has 6 aliphatic rings. The SMILES string of the molecule is CCCCCCCCCCCCC/C=C/[C@@H](O)[C@H](CO[C@@H]1O[C@H](CO)[C@@H](O[C@@H]2O[C@H](CO)[C@H](O)[C@H](O[C@@H]3O[C@H](CO)[C@@H](O)[C@H](O[C@@H]4O[C@H](CO)[C@H](O)[C@H](O[C@H]5O[C@H](CO)[C@H](O)[C@H](O)[C@H]5NC(C)=O)[C@H]4O[C@@H]4O[C@@H](C)[C@@H](O)[C@@H](O)[C@@H]4O)[C@H]3NC(C)=O)[C@H]2O)[C@H](O)[C@H]1O)NC=O. The molecule has 6 fully saturated rings. The fourth-order valence-corrected chi connectivity index (χ4v) is 12.2. The van der Waals surface area contributed by atoms with Crippen LogP contribution in [0.25, 0.3) is 0 Å². The number of carbonyl (C=O) groups excluding carboxylic acids is 3. The summed E-state index contributed by atoms with van der Waals surface area (Å²) in [6.07, 6.45) is -38.3.